The third-order valence-electron chi connectivity index (χ3n) is 4.32. The zero-order valence-electron chi connectivity index (χ0n) is 12.1. The summed E-state index contributed by atoms with van der Waals surface area (Å²) in [6.07, 6.45) is 0.0577. The number of benzene rings is 1. The Morgan fingerprint density at radius 1 is 1.39 bits per heavy atom. The topological polar surface area (TPSA) is 104 Å². The van der Waals surface area contributed by atoms with Gasteiger partial charge in [-0.1, -0.05) is 6.07 Å². The molecule has 0 spiro atoms. The van der Waals surface area contributed by atoms with E-state index in [4.69, 9.17) is 5.11 Å². The summed E-state index contributed by atoms with van der Waals surface area (Å²) in [5.41, 5.74) is -0.376. The monoisotopic (exact) mass is 342 g/mol. The molecule has 1 saturated heterocycles. The van der Waals surface area contributed by atoms with Crippen molar-refractivity contribution < 1.29 is 27.5 Å². The van der Waals surface area contributed by atoms with Crippen LogP contribution in [0, 0.1) is 5.41 Å². The Labute approximate surface area is 132 Å². The van der Waals surface area contributed by atoms with Crippen LogP contribution in [0.2, 0.25) is 0 Å². The lowest BCUT2D eigenvalue weighted by Crippen LogP contribution is -2.38. The first-order valence-corrected chi connectivity index (χ1v) is 8.64. The number of fused-ring (bicyclic) bond motifs is 1. The second-order valence-corrected chi connectivity index (χ2v) is 7.65. The zero-order valence-corrected chi connectivity index (χ0v) is 12.9. The molecule has 9 heteroatoms. The van der Waals surface area contributed by atoms with E-state index >= 15 is 0 Å². The fourth-order valence-corrected chi connectivity index (χ4v) is 4.17. The average Bonchev–Trinajstić information content (AvgIpc) is 3.05. The maximum absolute atomic E-state index is 13.1. The van der Waals surface area contributed by atoms with Crippen LogP contribution in [0.4, 0.5) is 10.1 Å². The molecule has 0 aliphatic carbocycles. The number of hydrogen-bond donors (Lipinski definition) is 2. The molecular weight excluding hydrogens is 327 g/mol. The molecule has 0 saturated carbocycles. The number of likely N-dealkylation sites (tertiary alicyclic amines) is 1. The lowest BCUT2D eigenvalue weighted by molar-refractivity contribution is -0.149. The van der Waals surface area contributed by atoms with E-state index in [9.17, 15) is 22.4 Å². The molecule has 2 N–H and O–H groups in total. The van der Waals surface area contributed by atoms with Gasteiger partial charge in [-0.2, -0.15) is 0 Å². The summed E-state index contributed by atoms with van der Waals surface area (Å²) in [6.45, 7) is -1.07. The number of nitrogens with zero attached hydrogens (tertiary/aromatic N) is 1. The fourth-order valence-electron chi connectivity index (χ4n) is 2.91. The summed E-state index contributed by atoms with van der Waals surface area (Å²) in [5.74, 6) is -1.82. The van der Waals surface area contributed by atoms with Gasteiger partial charge in [-0.25, -0.2) is 12.8 Å². The van der Waals surface area contributed by atoms with Crippen LogP contribution in [0.15, 0.2) is 18.2 Å². The van der Waals surface area contributed by atoms with Crippen LogP contribution < -0.4 is 4.72 Å². The average molecular weight is 342 g/mol. The van der Waals surface area contributed by atoms with Crippen LogP contribution >= 0.6 is 0 Å². The number of alkyl halides is 1. The van der Waals surface area contributed by atoms with Crippen molar-refractivity contribution in [1.29, 1.82) is 0 Å². The summed E-state index contributed by atoms with van der Waals surface area (Å²) in [4.78, 5) is 25.0. The van der Waals surface area contributed by atoms with Crippen LogP contribution in [0.25, 0.3) is 0 Å². The van der Waals surface area contributed by atoms with Crippen molar-refractivity contribution in [2.75, 3.05) is 24.5 Å². The highest BCUT2D eigenvalue weighted by molar-refractivity contribution is 7.92. The predicted octanol–water partition coefficient (Wildman–Crippen LogP) is 0.828. The highest BCUT2D eigenvalue weighted by Gasteiger charge is 2.46. The smallest absolute Gasteiger partial charge is 0.314 e. The van der Waals surface area contributed by atoms with Gasteiger partial charge in [-0.15, -0.1) is 0 Å². The van der Waals surface area contributed by atoms with Gasteiger partial charge in [0.1, 0.15) is 12.1 Å². The molecule has 0 radical (unpaired) electrons. The van der Waals surface area contributed by atoms with Gasteiger partial charge in [0.25, 0.3) is 5.91 Å². The SMILES string of the molecule is O=C(c1ccc2c(c1)NS(=O)(=O)C2)N1CCC(CF)(C(=O)O)C1. The first-order valence-electron chi connectivity index (χ1n) is 6.98. The lowest BCUT2D eigenvalue weighted by atomic mass is 9.89. The van der Waals surface area contributed by atoms with E-state index in [2.05, 4.69) is 4.72 Å². The Morgan fingerprint density at radius 3 is 2.74 bits per heavy atom. The molecular formula is C14H15FN2O5S. The summed E-state index contributed by atoms with van der Waals surface area (Å²) in [7, 11) is -3.40. The molecule has 23 heavy (non-hydrogen) atoms. The van der Waals surface area contributed by atoms with Crippen LogP contribution in [-0.4, -0.2) is 50.1 Å². The predicted molar refractivity (Wildman–Crippen MR) is 79.3 cm³/mol. The second-order valence-electron chi connectivity index (χ2n) is 5.93. The minimum absolute atomic E-state index is 0.0577. The number of carboxylic acids is 1. The number of hydrogen-bond acceptors (Lipinski definition) is 4. The minimum atomic E-state index is -3.40. The first-order chi connectivity index (χ1) is 10.8. The number of carbonyl (C=O) groups is 2. The molecule has 1 aromatic rings. The fraction of sp³-hybridized carbons (Fsp3) is 0.429. The number of aliphatic carboxylic acids is 1. The van der Waals surface area contributed by atoms with E-state index in [-0.39, 0.29) is 30.8 Å². The number of halogens is 1. The van der Waals surface area contributed by atoms with Crippen molar-refractivity contribution in [1.82, 2.24) is 4.90 Å². The van der Waals surface area contributed by atoms with Gasteiger partial charge in [0.2, 0.25) is 10.0 Å². The largest absolute Gasteiger partial charge is 0.481 e. The van der Waals surface area contributed by atoms with Crippen molar-refractivity contribution in [2.45, 2.75) is 12.2 Å². The number of anilines is 1. The van der Waals surface area contributed by atoms with Crippen LogP contribution in [0.3, 0.4) is 0 Å². The molecule has 7 nitrogen and oxygen atoms in total. The van der Waals surface area contributed by atoms with Crippen molar-refractivity contribution in [2.24, 2.45) is 5.41 Å². The molecule has 1 fully saturated rings. The highest BCUT2D eigenvalue weighted by atomic mass is 32.2. The molecule has 124 valence electrons. The van der Waals surface area contributed by atoms with Crippen LogP contribution in [0.5, 0.6) is 0 Å². The number of carboxylic acid groups (broad SMARTS) is 1. The maximum atomic E-state index is 13.1. The van der Waals surface area contributed by atoms with Crippen molar-refractivity contribution >= 4 is 27.6 Å². The van der Waals surface area contributed by atoms with E-state index in [1.54, 1.807) is 6.07 Å². The van der Waals surface area contributed by atoms with Gasteiger partial charge in [0, 0.05) is 18.7 Å². The van der Waals surface area contributed by atoms with Gasteiger partial charge >= 0.3 is 5.97 Å². The van der Waals surface area contributed by atoms with E-state index in [0.717, 1.165) is 0 Å². The number of carbonyl (C=O) groups excluding carboxylic acids is 1. The Hall–Kier alpha value is -2.16. The van der Waals surface area contributed by atoms with Gasteiger partial charge in [-0.05, 0) is 24.1 Å². The quantitative estimate of drug-likeness (QED) is 0.847. The molecule has 0 bridgehead atoms. The standard InChI is InChI=1S/C14H15FN2O5S/c15-7-14(13(19)20)3-4-17(8-14)12(18)9-1-2-10-6-23(21,22)16-11(10)5-9/h1-2,5,16H,3-4,6-8H2,(H,19,20). The minimum Gasteiger partial charge on any atom is -0.481 e. The third kappa shape index (κ3) is 2.65. The van der Waals surface area contributed by atoms with E-state index in [0.29, 0.717) is 11.3 Å². The van der Waals surface area contributed by atoms with Crippen LogP contribution in [-0.2, 0) is 20.6 Å². The lowest BCUT2D eigenvalue weighted by Gasteiger charge is -2.21. The van der Waals surface area contributed by atoms with E-state index in [1.165, 1.54) is 17.0 Å². The molecule has 1 amide bonds. The first kappa shape index (κ1) is 15.7. The number of nitrogens with one attached hydrogen (secondary N) is 1. The summed E-state index contributed by atoms with van der Waals surface area (Å²) < 4.78 is 38.5. The molecule has 1 atom stereocenters. The molecule has 1 aromatic carbocycles. The van der Waals surface area contributed by atoms with Gasteiger partial charge < -0.3 is 10.0 Å². The summed E-state index contributed by atoms with van der Waals surface area (Å²) >= 11 is 0. The molecule has 2 aliphatic heterocycles. The van der Waals surface area contributed by atoms with Gasteiger partial charge in [0.15, 0.2) is 0 Å². The van der Waals surface area contributed by atoms with Crippen molar-refractivity contribution in [3.8, 4) is 0 Å². The Kier molecular flexibility index (Phi) is 3.55. The van der Waals surface area contributed by atoms with Gasteiger partial charge in [0.05, 0.1) is 11.4 Å². The number of rotatable bonds is 3. The highest BCUT2D eigenvalue weighted by Crippen LogP contribution is 2.33. The number of sulfonamides is 1. The molecule has 2 aliphatic rings. The molecule has 0 aromatic heterocycles. The van der Waals surface area contributed by atoms with E-state index < -0.39 is 34.0 Å². The van der Waals surface area contributed by atoms with E-state index in [1.807, 2.05) is 0 Å². The van der Waals surface area contributed by atoms with Crippen LogP contribution in [0.1, 0.15) is 22.3 Å². The summed E-state index contributed by atoms with van der Waals surface area (Å²) in [6, 6.07) is 4.48. The zero-order chi connectivity index (χ0) is 16.8. The third-order valence-corrected chi connectivity index (χ3v) is 5.54. The Balaban J connectivity index is 1.82. The molecule has 3 rings (SSSR count). The summed E-state index contributed by atoms with van der Waals surface area (Å²) in [5, 5.41) is 9.16. The van der Waals surface area contributed by atoms with Crippen molar-refractivity contribution in [3.05, 3.63) is 29.3 Å². The van der Waals surface area contributed by atoms with Gasteiger partial charge in [-0.3, -0.25) is 14.3 Å². The maximum Gasteiger partial charge on any atom is 0.314 e. The van der Waals surface area contributed by atoms with Crippen molar-refractivity contribution in [3.63, 3.8) is 0 Å². The molecule has 1 unspecified atom stereocenters. The molecule has 2 heterocycles. The normalized spacial score (nSPS) is 25.0. The Morgan fingerprint density at radius 2 is 2.13 bits per heavy atom. The second kappa shape index (κ2) is 5.19. The number of amides is 1. The Bertz CT molecular complexity index is 794.